The molecule has 3 nitrogen and oxygen atoms in total. The van der Waals surface area contributed by atoms with Crippen LogP contribution in [0, 0.1) is 12.8 Å². The maximum Gasteiger partial charge on any atom is 0.105 e. The maximum atomic E-state index is 5.62. The van der Waals surface area contributed by atoms with Gasteiger partial charge in [0.2, 0.25) is 0 Å². The number of rotatable bonds is 4. The van der Waals surface area contributed by atoms with Gasteiger partial charge in [-0.15, -0.1) is 0 Å². The summed E-state index contributed by atoms with van der Waals surface area (Å²) in [5.41, 5.74) is 6.76. The van der Waals surface area contributed by atoms with Crippen LogP contribution >= 0.6 is 0 Å². The van der Waals surface area contributed by atoms with E-state index in [1.807, 2.05) is 13.1 Å². The third kappa shape index (κ3) is 2.31. The minimum atomic E-state index is 0.581. The summed E-state index contributed by atoms with van der Waals surface area (Å²) in [5, 5.41) is 0. The fraction of sp³-hybridized carbons (Fsp3) is 0.700. The lowest BCUT2D eigenvalue weighted by Crippen LogP contribution is -2.13. The molecule has 0 saturated carbocycles. The summed E-state index contributed by atoms with van der Waals surface area (Å²) in [7, 11) is 0. The summed E-state index contributed by atoms with van der Waals surface area (Å²) in [5.74, 6) is 1.76. The molecule has 1 atom stereocenters. The Morgan fingerprint density at radius 2 is 2.31 bits per heavy atom. The molecule has 0 fully saturated rings. The Morgan fingerprint density at radius 1 is 1.62 bits per heavy atom. The van der Waals surface area contributed by atoms with Gasteiger partial charge < -0.3 is 10.3 Å². The zero-order chi connectivity index (χ0) is 9.84. The molecule has 0 spiro atoms. The minimum Gasteiger partial charge on any atom is -0.331 e. The monoisotopic (exact) mass is 181 g/mol. The van der Waals surface area contributed by atoms with Crippen molar-refractivity contribution < 1.29 is 0 Å². The maximum absolute atomic E-state index is 5.62. The number of aryl methyl sites for hydroxylation is 1. The third-order valence-electron chi connectivity index (χ3n) is 2.54. The summed E-state index contributed by atoms with van der Waals surface area (Å²) in [4.78, 5) is 4.26. The van der Waals surface area contributed by atoms with Crippen molar-refractivity contribution in [1.29, 1.82) is 0 Å². The third-order valence-corrected chi connectivity index (χ3v) is 2.54. The molecular weight excluding hydrogens is 162 g/mol. The van der Waals surface area contributed by atoms with E-state index in [1.165, 1.54) is 6.42 Å². The predicted molar refractivity (Wildman–Crippen MR) is 54.3 cm³/mol. The molecule has 1 rings (SSSR count). The van der Waals surface area contributed by atoms with Crippen molar-refractivity contribution in [2.45, 2.75) is 40.3 Å². The van der Waals surface area contributed by atoms with Crippen LogP contribution in [0.15, 0.2) is 6.20 Å². The highest BCUT2D eigenvalue weighted by Crippen LogP contribution is 2.10. The van der Waals surface area contributed by atoms with Gasteiger partial charge in [-0.1, -0.05) is 20.3 Å². The van der Waals surface area contributed by atoms with Crippen LogP contribution in [0.3, 0.4) is 0 Å². The van der Waals surface area contributed by atoms with Gasteiger partial charge in [0.05, 0.1) is 5.69 Å². The van der Waals surface area contributed by atoms with Crippen LogP contribution in [0.5, 0.6) is 0 Å². The molecule has 0 amide bonds. The topological polar surface area (TPSA) is 43.8 Å². The van der Waals surface area contributed by atoms with E-state index >= 15 is 0 Å². The lowest BCUT2D eigenvalue weighted by atomic mass is 10.1. The number of nitrogens with zero attached hydrogens (tertiary/aromatic N) is 2. The summed E-state index contributed by atoms with van der Waals surface area (Å²) in [6.07, 6.45) is 3.07. The average molecular weight is 181 g/mol. The van der Waals surface area contributed by atoms with Crippen molar-refractivity contribution >= 4 is 0 Å². The van der Waals surface area contributed by atoms with E-state index in [1.54, 1.807) is 0 Å². The van der Waals surface area contributed by atoms with E-state index in [0.29, 0.717) is 12.5 Å². The normalized spacial score (nSPS) is 13.2. The minimum absolute atomic E-state index is 0.581. The fourth-order valence-electron chi connectivity index (χ4n) is 1.37. The first-order chi connectivity index (χ1) is 6.19. The molecule has 0 aliphatic heterocycles. The smallest absolute Gasteiger partial charge is 0.105 e. The van der Waals surface area contributed by atoms with Gasteiger partial charge in [-0.25, -0.2) is 4.98 Å². The summed E-state index contributed by atoms with van der Waals surface area (Å²) in [6.45, 7) is 8.10. The number of imidazole rings is 1. The lowest BCUT2D eigenvalue weighted by Gasteiger charge is -2.13. The van der Waals surface area contributed by atoms with Gasteiger partial charge in [-0.3, -0.25) is 0 Å². The van der Waals surface area contributed by atoms with E-state index in [0.717, 1.165) is 18.1 Å². The van der Waals surface area contributed by atoms with Gasteiger partial charge in [0, 0.05) is 19.3 Å². The molecule has 0 aromatic carbocycles. The molecule has 13 heavy (non-hydrogen) atoms. The quantitative estimate of drug-likeness (QED) is 0.768. The van der Waals surface area contributed by atoms with Crippen molar-refractivity contribution in [2.24, 2.45) is 11.7 Å². The van der Waals surface area contributed by atoms with Crippen LogP contribution in [-0.2, 0) is 13.1 Å². The molecule has 0 radical (unpaired) electrons. The van der Waals surface area contributed by atoms with Gasteiger partial charge in [0.25, 0.3) is 0 Å². The van der Waals surface area contributed by atoms with E-state index in [-0.39, 0.29) is 0 Å². The van der Waals surface area contributed by atoms with Gasteiger partial charge in [0.1, 0.15) is 5.82 Å². The van der Waals surface area contributed by atoms with E-state index in [9.17, 15) is 0 Å². The SMILES string of the molecule is CCC(C)Cn1c(CN)cnc1C. The van der Waals surface area contributed by atoms with Gasteiger partial charge in [-0.05, 0) is 12.8 Å². The molecule has 1 unspecified atom stereocenters. The highest BCUT2D eigenvalue weighted by Gasteiger charge is 2.07. The molecule has 3 heteroatoms. The van der Waals surface area contributed by atoms with Crippen molar-refractivity contribution in [3.8, 4) is 0 Å². The van der Waals surface area contributed by atoms with Gasteiger partial charge in [-0.2, -0.15) is 0 Å². The molecule has 1 heterocycles. The Hall–Kier alpha value is -0.830. The van der Waals surface area contributed by atoms with Crippen LogP contribution in [0.2, 0.25) is 0 Å². The zero-order valence-corrected chi connectivity index (χ0v) is 8.75. The number of hydrogen-bond acceptors (Lipinski definition) is 2. The first kappa shape index (κ1) is 10.3. The second kappa shape index (κ2) is 4.42. The molecule has 0 aliphatic carbocycles. The summed E-state index contributed by atoms with van der Waals surface area (Å²) >= 11 is 0. The average Bonchev–Trinajstić information content (AvgIpc) is 2.48. The second-order valence-electron chi connectivity index (χ2n) is 3.62. The van der Waals surface area contributed by atoms with E-state index in [2.05, 4.69) is 23.4 Å². The highest BCUT2D eigenvalue weighted by molar-refractivity contribution is 5.03. The van der Waals surface area contributed by atoms with Crippen LogP contribution < -0.4 is 5.73 Å². The lowest BCUT2D eigenvalue weighted by molar-refractivity contribution is 0.453. The molecule has 1 aromatic rings. The van der Waals surface area contributed by atoms with Crippen LogP contribution in [0.4, 0.5) is 0 Å². The highest BCUT2D eigenvalue weighted by atomic mass is 15.1. The Balaban J connectivity index is 2.79. The molecule has 2 N–H and O–H groups in total. The summed E-state index contributed by atoms with van der Waals surface area (Å²) in [6, 6.07) is 0. The molecule has 0 aliphatic rings. The van der Waals surface area contributed by atoms with Crippen LogP contribution in [0.25, 0.3) is 0 Å². The largest absolute Gasteiger partial charge is 0.331 e. The van der Waals surface area contributed by atoms with E-state index in [4.69, 9.17) is 5.73 Å². The van der Waals surface area contributed by atoms with Crippen molar-refractivity contribution in [3.05, 3.63) is 17.7 Å². The molecule has 0 saturated heterocycles. The van der Waals surface area contributed by atoms with Gasteiger partial charge >= 0.3 is 0 Å². The first-order valence-corrected chi connectivity index (χ1v) is 4.90. The number of hydrogen-bond donors (Lipinski definition) is 1. The Morgan fingerprint density at radius 3 is 2.85 bits per heavy atom. The standard InChI is InChI=1S/C10H19N3/c1-4-8(2)7-13-9(3)12-6-10(13)5-11/h6,8H,4-5,7,11H2,1-3H3. The number of aromatic nitrogens is 2. The molecule has 74 valence electrons. The Bertz CT molecular complexity index is 265. The van der Waals surface area contributed by atoms with Gasteiger partial charge in [0.15, 0.2) is 0 Å². The first-order valence-electron chi connectivity index (χ1n) is 4.90. The molecule has 1 aromatic heterocycles. The molecule has 0 bridgehead atoms. The zero-order valence-electron chi connectivity index (χ0n) is 8.75. The summed E-state index contributed by atoms with van der Waals surface area (Å²) < 4.78 is 2.22. The Kier molecular flexibility index (Phi) is 3.48. The van der Waals surface area contributed by atoms with E-state index < -0.39 is 0 Å². The Labute approximate surface area is 80.0 Å². The van der Waals surface area contributed by atoms with Crippen LogP contribution in [-0.4, -0.2) is 9.55 Å². The number of nitrogens with two attached hydrogens (primary N) is 1. The van der Waals surface area contributed by atoms with Crippen LogP contribution in [0.1, 0.15) is 31.8 Å². The second-order valence-corrected chi connectivity index (χ2v) is 3.62. The van der Waals surface area contributed by atoms with Crippen molar-refractivity contribution in [2.75, 3.05) is 0 Å². The fourth-order valence-corrected chi connectivity index (χ4v) is 1.37. The molecular formula is C10H19N3. The van der Waals surface area contributed by atoms with Crippen molar-refractivity contribution in [3.63, 3.8) is 0 Å². The van der Waals surface area contributed by atoms with Crippen molar-refractivity contribution in [1.82, 2.24) is 9.55 Å². The predicted octanol–water partition coefficient (Wildman–Crippen LogP) is 1.70.